The molecule has 0 aromatic heterocycles. The normalized spacial score (nSPS) is 12.4. The highest BCUT2D eigenvalue weighted by Crippen LogP contribution is 2.17. The minimum Gasteiger partial charge on any atom is -0.493 e. The van der Waals surface area contributed by atoms with E-state index >= 15 is 0 Å². The Kier molecular flexibility index (Phi) is 6.20. The lowest BCUT2D eigenvalue weighted by atomic mass is 10.1. The molecule has 0 spiro atoms. The summed E-state index contributed by atoms with van der Waals surface area (Å²) >= 11 is 0. The molecule has 0 saturated carbocycles. The topological polar surface area (TPSA) is 72.5 Å². The molecule has 134 valence electrons. The van der Waals surface area contributed by atoms with Crippen LogP contribution in [-0.2, 0) is 14.6 Å². The number of carbonyl (C=O) groups is 1. The van der Waals surface area contributed by atoms with Gasteiger partial charge < -0.3 is 10.1 Å². The lowest BCUT2D eigenvalue weighted by Crippen LogP contribution is -2.27. The molecule has 1 atom stereocenters. The Hall–Kier alpha value is -2.34. The number of nitrogens with one attached hydrogen (secondary N) is 1. The van der Waals surface area contributed by atoms with Crippen molar-refractivity contribution in [2.75, 3.05) is 12.9 Å². The zero-order valence-electron chi connectivity index (χ0n) is 14.7. The van der Waals surface area contributed by atoms with Crippen LogP contribution in [0.2, 0.25) is 0 Å². The number of amides is 1. The molecule has 2 aromatic carbocycles. The lowest BCUT2D eigenvalue weighted by Gasteiger charge is -2.15. The molecular weight excluding hydrogens is 338 g/mol. The third-order valence-electron chi connectivity index (χ3n) is 3.87. The van der Waals surface area contributed by atoms with Crippen molar-refractivity contribution in [1.82, 2.24) is 5.32 Å². The average Bonchev–Trinajstić information content (AvgIpc) is 2.56. The van der Waals surface area contributed by atoms with Gasteiger partial charge in [0.1, 0.15) is 5.75 Å². The average molecular weight is 361 g/mol. The van der Waals surface area contributed by atoms with E-state index in [0.717, 1.165) is 16.9 Å². The van der Waals surface area contributed by atoms with Gasteiger partial charge in [0.15, 0.2) is 9.84 Å². The van der Waals surface area contributed by atoms with Crippen molar-refractivity contribution >= 4 is 15.7 Å². The van der Waals surface area contributed by atoms with Crippen LogP contribution in [0.3, 0.4) is 0 Å². The van der Waals surface area contributed by atoms with Crippen molar-refractivity contribution in [1.29, 1.82) is 0 Å². The molecule has 0 fully saturated rings. The van der Waals surface area contributed by atoms with E-state index < -0.39 is 9.84 Å². The van der Waals surface area contributed by atoms with Crippen molar-refractivity contribution in [3.63, 3.8) is 0 Å². The van der Waals surface area contributed by atoms with Crippen molar-refractivity contribution in [3.05, 3.63) is 59.7 Å². The highest BCUT2D eigenvalue weighted by molar-refractivity contribution is 7.90. The predicted octanol–water partition coefficient (Wildman–Crippen LogP) is 3.04. The second-order valence-electron chi connectivity index (χ2n) is 5.99. The van der Waals surface area contributed by atoms with Gasteiger partial charge in [0.05, 0.1) is 24.0 Å². The standard InChI is InChI=1S/C19H23NO4S/c1-14-6-4-5-7-18(14)24-13-12-19(21)20-15(2)16-8-10-17(11-9-16)25(3,22)23/h4-11,15H,12-13H2,1-3H3,(H,20,21)/t15-/m1/s1. The summed E-state index contributed by atoms with van der Waals surface area (Å²) in [5, 5.41) is 2.89. The van der Waals surface area contributed by atoms with Gasteiger partial charge in [-0.15, -0.1) is 0 Å². The van der Waals surface area contributed by atoms with E-state index in [4.69, 9.17) is 4.74 Å². The van der Waals surface area contributed by atoms with Crippen molar-refractivity contribution < 1.29 is 17.9 Å². The molecule has 0 aliphatic carbocycles. The first-order valence-corrected chi connectivity index (χ1v) is 9.94. The number of carbonyl (C=O) groups excluding carboxylic acids is 1. The molecule has 2 rings (SSSR count). The maximum atomic E-state index is 12.0. The molecular formula is C19H23NO4S. The Labute approximate surface area is 148 Å². The predicted molar refractivity (Wildman–Crippen MR) is 97.4 cm³/mol. The molecule has 25 heavy (non-hydrogen) atoms. The van der Waals surface area contributed by atoms with Gasteiger partial charge in [0.2, 0.25) is 5.91 Å². The molecule has 1 N–H and O–H groups in total. The number of hydrogen-bond acceptors (Lipinski definition) is 4. The summed E-state index contributed by atoms with van der Waals surface area (Å²) in [6.45, 7) is 4.11. The molecule has 6 heteroatoms. The minimum absolute atomic E-state index is 0.117. The summed E-state index contributed by atoms with van der Waals surface area (Å²) in [5.41, 5.74) is 1.88. The van der Waals surface area contributed by atoms with Crippen LogP contribution in [0.4, 0.5) is 0 Å². The Balaban J connectivity index is 1.84. The number of hydrogen-bond donors (Lipinski definition) is 1. The molecule has 1 amide bonds. The molecule has 0 bridgehead atoms. The number of aryl methyl sites for hydroxylation is 1. The van der Waals surface area contributed by atoms with Crippen LogP contribution in [-0.4, -0.2) is 27.2 Å². The van der Waals surface area contributed by atoms with Gasteiger partial charge in [0.25, 0.3) is 0 Å². The van der Waals surface area contributed by atoms with Gasteiger partial charge in [-0.1, -0.05) is 30.3 Å². The van der Waals surface area contributed by atoms with E-state index in [1.165, 1.54) is 6.26 Å². The molecule has 0 saturated heterocycles. The van der Waals surface area contributed by atoms with Gasteiger partial charge >= 0.3 is 0 Å². The van der Waals surface area contributed by atoms with E-state index in [-0.39, 0.29) is 23.3 Å². The van der Waals surface area contributed by atoms with E-state index in [2.05, 4.69) is 5.32 Å². The van der Waals surface area contributed by atoms with Crippen LogP contribution < -0.4 is 10.1 Å². The minimum atomic E-state index is -3.21. The summed E-state index contributed by atoms with van der Waals surface area (Å²) in [5.74, 6) is 0.660. The zero-order chi connectivity index (χ0) is 18.4. The van der Waals surface area contributed by atoms with Crippen LogP contribution in [0.25, 0.3) is 0 Å². The van der Waals surface area contributed by atoms with E-state index in [9.17, 15) is 13.2 Å². The molecule has 2 aromatic rings. The largest absolute Gasteiger partial charge is 0.493 e. The smallest absolute Gasteiger partial charge is 0.223 e. The highest BCUT2D eigenvalue weighted by atomic mass is 32.2. The number of benzene rings is 2. The Morgan fingerprint density at radius 3 is 2.36 bits per heavy atom. The number of ether oxygens (including phenoxy) is 1. The monoisotopic (exact) mass is 361 g/mol. The van der Waals surface area contributed by atoms with E-state index in [0.29, 0.717) is 6.61 Å². The van der Waals surface area contributed by atoms with Gasteiger partial charge in [-0.05, 0) is 43.2 Å². The maximum absolute atomic E-state index is 12.0. The Bertz CT molecular complexity index is 829. The second kappa shape index (κ2) is 8.16. The fourth-order valence-corrected chi connectivity index (χ4v) is 3.00. The summed E-state index contributed by atoms with van der Waals surface area (Å²) < 4.78 is 28.6. The Morgan fingerprint density at radius 1 is 1.12 bits per heavy atom. The summed E-state index contributed by atoms with van der Waals surface area (Å²) in [6.07, 6.45) is 1.42. The molecule has 0 aliphatic heterocycles. The number of para-hydroxylation sites is 1. The zero-order valence-corrected chi connectivity index (χ0v) is 15.5. The van der Waals surface area contributed by atoms with Crippen LogP contribution in [0, 0.1) is 6.92 Å². The quantitative estimate of drug-likeness (QED) is 0.823. The van der Waals surface area contributed by atoms with E-state index in [1.807, 2.05) is 38.1 Å². The van der Waals surface area contributed by atoms with Crippen LogP contribution in [0.1, 0.15) is 30.5 Å². The van der Waals surface area contributed by atoms with Gasteiger partial charge in [-0.25, -0.2) is 8.42 Å². The van der Waals surface area contributed by atoms with E-state index in [1.54, 1.807) is 24.3 Å². The van der Waals surface area contributed by atoms with Crippen molar-refractivity contribution in [3.8, 4) is 5.75 Å². The SMILES string of the molecule is Cc1ccccc1OCCC(=O)N[C@H](C)c1ccc(S(C)(=O)=O)cc1. The number of sulfone groups is 1. The first-order chi connectivity index (χ1) is 11.8. The van der Waals surface area contributed by atoms with Crippen molar-refractivity contribution in [2.24, 2.45) is 0 Å². The Morgan fingerprint density at radius 2 is 1.76 bits per heavy atom. The van der Waals surface area contributed by atoms with Gasteiger partial charge in [-0.3, -0.25) is 4.79 Å². The van der Waals surface area contributed by atoms with Gasteiger partial charge in [0, 0.05) is 6.26 Å². The summed E-state index contributed by atoms with van der Waals surface area (Å²) in [4.78, 5) is 12.3. The van der Waals surface area contributed by atoms with Crippen LogP contribution in [0.15, 0.2) is 53.4 Å². The fraction of sp³-hybridized carbons (Fsp3) is 0.316. The maximum Gasteiger partial charge on any atom is 0.223 e. The summed E-state index contributed by atoms with van der Waals surface area (Å²) in [6, 6.07) is 14.0. The third-order valence-corrected chi connectivity index (χ3v) is 4.99. The van der Waals surface area contributed by atoms with Crippen LogP contribution >= 0.6 is 0 Å². The lowest BCUT2D eigenvalue weighted by molar-refractivity contribution is -0.122. The summed E-state index contributed by atoms with van der Waals surface area (Å²) in [7, 11) is -3.21. The van der Waals surface area contributed by atoms with Crippen molar-refractivity contribution in [2.45, 2.75) is 31.2 Å². The molecule has 0 unspecified atom stereocenters. The first kappa shape index (κ1) is 19.0. The molecule has 0 radical (unpaired) electrons. The third kappa shape index (κ3) is 5.60. The van der Waals surface area contributed by atoms with Crippen LogP contribution in [0.5, 0.6) is 5.75 Å². The molecule has 0 heterocycles. The number of rotatable bonds is 7. The molecule has 5 nitrogen and oxygen atoms in total. The second-order valence-corrected chi connectivity index (χ2v) is 8.01. The first-order valence-electron chi connectivity index (χ1n) is 8.05. The fourth-order valence-electron chi connectivity index (χ4n) is 2.37. The molecule has 0 aliphatic rings. The van der Waals surface area contributed by atoms with Gasteiger partial charge in [-0.2, -0.15) is 0 Å². The highest BCUT2D eigenvalue weighted by Gasteiger charge is 2.12.